The molecule has 2 atom stereocenters. The molecule has 19 heavy (non-hydrogen) atoms. The minimum absolute atomic E-state index is 0.114. The van der Waals surface area contributed by atoms with Crippen molar-refractivity contribution in [2.45, 2.75) is 18.4 Å². The highest BCUT2D eigenvalue weighted by atomic mass is 16.2. The number of likely N-dealkylation sites (tertiary alicyclic amines) is 1. The topological polar surface area (TPSA) is 20.3 Å². The number of hydrogen-bond acceptors (Lipinski definition) is 1. The lowest BCUT2D eigenvalue weighted by molar-refractivity contribution is -0.157. The third-order valence-corrected chi connectivity index (χ3v) is 4.19. The number of carbonyl (C=O) groups is 1. The van der Waals surface area contributed by atoms with Crippen LogP contribution in [0.25, 0.3) is 0 Å². The summed E-state index contributed by atoms with van der Waals surface area (Å²) in [6.07, 6.45) is 0. The number of benzene rings is 2. The molecule has 2 aromatic rings. The monoisotopic (exact) mass is 251 g/mol. The Kier molecular flexibility index (Phi) is 2.67. The van der Waals surface area contributed by atoms with E-state index in [-0.39, 0.29) is 11.9 Å². The molecule has 2 nitrogen and oxygen atoms in total. The van der Waals surface area contributed by atoms with Gasteiger partial charge in [-0.15, -0.1) is 0 Å². The highest BCUT2D eigenvalue weighted by Crippen LogP contribution is 2.50. The Morgan fingerprint density at radius 2 is 1.47 bits per heavy atom. The highest BCUT2D eigenvalue weighted by Gasteiger charge is 2.57. The van der Waals surface area contributed by atoms with Gasteiger partial charge in [0, 0.05) is 7.05 Å². The number of carbonyl (C=O) groups excluding carboxylic acids is 1. The molecular weight excluding hydrogens is 234 g/mol. The Hall–Kier alpha value is -2.09. The normalized spacial score (nSPS) is 26.1. The van der Waals surface area contributed by atoms with Crippen LogP contribution < -0.4 is 0 Å². The van der Waals surface area contributed by atoms with Crippen molar-refractivity contribution < 1.29 is 4.79 Å². The fourth-order valence-electron chi connectivity index (χ4n) is 3.18. The molecule has 0 saturated carbocycles. The Balaban J connectivity index is 2.07. The van der Waals surface area contributed by atoms with Gasteiger partial charge in [0.25, 0.3) is 0 Å². The maximum Gasteiger partial charge on any atom is 0.235 e. The average Bonchev–Trinajstić information content (AvgIpc) is 2.48. The van der Waals surface area contributed by atoms with E-state index < -0.39 is 5.41 Å². The number of amides is 1. The van der Waals surface area contributed by atoms with Gasteiger partial charge in [0.05, 0.1) is 11.5 Å². The van der Waals surface area contributed by atoms with Gasteiger partial charge in [0.2, 0.25) is 5.91 Å². The van der Waals surface area contributed by atoms with Crippen molar-refractivity contribution in [2.24, 2.45) is 0 Å². The summed E-state index contributed by atoms with van der Waals surface area (Å²) in [6, 6.07) is 20.4. The largest absolute Gasteiger partial charge is 0.336 e. The van der Waals surface area contributed by atoms with Gasteiger partial charge in [-0.1, -0.05) is 60.7 Å². The van der Waals surface area contributed by atoms with Gasteiger partial charge in [0.1, 0.15) is 0 Å². The summed E-state index contributed by atoms with van der Waals surface area (Å²) >= 11 is 0. The molecule has 1 amide bonds. The quantitative estimate of drug-likeness (QED) is 0.751. The zero-order chi connectivity index (χ0) is 13.5. The summed E-state index contributed by atoms with van der Waals surface area (Å²) in [5.74, 6) is 0.188. The predicted molar refractivity (Wildman–Crippen MR) is 75.7 cm³/mol. The average molecular weight is 251 g/mol. The van der Waals surface area contributed by atoms with E-state index in [0.29, 0.717) is 0 Å². The second-order valence-electron chi connectivity index (χ2n) is 5.30. The Labute approximate surface area is 113 Å². The molecule has 1 aliphatic rings. The maximum absolute atomic E-state index is 12.4. The van der Waals surface area contributed by atoms with E-state index in [1.54, 1.807) is 0 Å². The van der Waals surface area contributed by atoms with Crippen LogP contribution in [0.15, 0.2) is 60.7 Å². The lowest BCUT2D eigenvalue weighted by atomic mass is 9.65. The Morgan fingerprint density at radius 1 is 0.947 bits per heavy atom. The molecule has 96 valence electrons. The molecule has 1 heterocycles. The first-order valence-electron chi connectivity index (χ1n) is 6.53. The zero-order valence-corrected chi connectivity index (χ0v) is 11.2. The van der Waals surface area contributed by atoms with Crippen molar-refractivity contribution >= 4 is 5.91 Å². The van der Waals surface area contributed by atoms with E-state index in [2.05, 4.69) is 12.1 Å². The SMILES string of the molecule is CN1C(=O)C(C)(c2ccccc2)C1c1ccccc1. The molecule has 0 spiro atoms. The molecule has 0 bridgehead atoms. The smallest absolute Gasteiger partial charge is 0.235 e. The Morgan fingerprint density at radius 3 is 2.05 bits per heavy atom. The number of hydrogen-bond donors (Lipinski definition) is 0. The lowest BCUT2D eigenvalue weighted by Crippen LogP contribution is -2.62. The maximum atomic E-state index is 12.4. The third-order valence-electron chi connectivity index (χ3n) is 4.19. The summed E-state index contributed by atoms with van der Waals surface area (Å²) in [5.41, 5.74) is 1.83. The van der Waals surface area contributed by atoms with Crippen molar-refractivity contribution in [3.8, 4) is 0 Å². The van der Waals surface area contributed by atoms with Gasteiger partial charge in [0.15, 0.2) is 0 Å². The summed E-state index contributed by atoms with van der Waals surface area (Å²) < 4.78 is 0. The van der Waals surface area contributed by atoms with Gasteiger partial charge < -0.3 is 4.90 Å². The first kappa shape index (κ1) is 12.0. The standard InChI is InChI=1S/C17H17NO/c1-17(14-11-7-4-8-12-14)15(18(2)16(17)19)13-9-5-3-6-10-13/h3-12,15H,1-2H3. The molecule has 0 aromatic heterocycles. The van der Waals surface area contributed by atoms with Gasteiger partial charge in [-0.3, -0.25) is 4.79 Å². The van der Waals surface area contributed by atoms with Crippen LogP contribution in [0.5, 0.6) is 0 Å². The number of nitrogens with zero attached hydrogens (tertiary/aromatic N) is 1. The molecule has 0 aliphatic carbocycles. The molecule has 2 heteroatoms. The van der Waals surface area contributed by atoms with Crippen LogP contribution in [0.3, 0.4) is 0 Å². The molecular formula is C17H17NO. The summed E-state index contributed by atoms with van der Waals surface area (Å²) in [5, 5.41) is 0. The van der Waals surface area contributed by atoms with Gasteiger partial charge in [-0.2, -0.15) is 0 Å². The molecule has 3 rings (SSSR count). The fourth-order valence-corrected chi connectivity index (χ4v) is 3.18. The minimum atomic E-state index is -0.447. The predicted octanol–water partition coefficient (Wildman–Crippen LogP) is 3.16. The van der Waals surface area contributed by atoms with E-state index in [0.717, 1.165) is 5.56 Å². The molecule has 0 N–H and O–H groups in total. The Bertz CT molecular complexity index is 593. The molecule has 2 aromatic carbocycles. The summed E-state index contributed by atoms with van der Waals surface area (Å²) in [6.45, 7) is 2.04. The first-order valence-corrected chi connectivity index (χ1v) is 6.53. The van der Waals surface area contributed by atoms with Gasteiger partial charge in [-0.25, -0.2) is 0 Å². The van der Waals surface area contributed by atoms with Crippen LogP contribution in [0, 0.1) is 0 Å². The molecule has 1 saturated heterocycles. The molecule has 0 radical (unpaired) electrons. The van der Waals surface area contributed by atoms with Crippen molar-refractivity contribution in [1.82, 2.24) is 4.90 Å². The molecule has 1 aliphatic heterocycles. The zero-order valence-electron chi connectivity index (χ0n) is 11.2. The van der Waals surface area contributed by atoms with Crippen LogP contribution in [-0.2, 0) is 10.2 Å². The van der Waals surface area contributed by atoms with Crippen molar-refractivity contribution in [2.75, 3.05) is 7.05 Å². The molecule has 2 unspecified atom stereocenters. The van der Waals surface area contributed by atoms with E-state index >= 15 is 0 Å². The second kappa shape index (κ2) is 4.23. The number of β-lactam (4-membered cyclic amide) rings is 1. The molecule has 1 fully saturated rings. The van der Waals surface area contributed by atoms with Crippen molar-refractivity contribution in [3.05, 3.63) is 71.8 Å². The first-order chi connectivity index (χ1) is 9.15. The third kappa shape index (κ3) is 1.60. The van der Waals surface area contributed by atoms with E-state index in [9.17, 15) is 4.79 Å². The lowest BCUT2D eigenvalue weighted by Gasteiger charge is -2.53. The number of likely N-dealkylation sites (N-methyl/N-ethyl adjacent to an activating group) is 1. The van der Waals surface area contributed by atoms with Crippen LogP contribution in [0.1, 0.15) is 24.1 Å². The van der Waals surface area contributed by atoms with Crippen LogP contribution in [-0.4, -0.2) is 17.9 Å². The summed E-state index contributed by atoms with van der Waals surface area (Å²) in [7, 11) is 1.88. The van der Waals surface area contributed by atoms with Gasteiger partial charge >= 0.3 is 0 Å². The van der Waals surface area contributed by atoms with Crippen molar-refractivity contribution in [3.63, 3.8) is 0 Å². The number of rotatable bonds is 2. The van der Waals surface area contributed by atoms with E-state index in [1.807, 2.05) is 67.4 Å². The highest BCUT2D eigenvalue weighted by molar-refractivity contribution is 5.95. The van der Waals surface area contributed by atoms with Gasteiger partial charge in [-0.05, 0) is 18.1 Å². The summed E-state index contributed by atoms with van der Waals surface area (Å²) in [4.78, 5) is 14.2. The fraction of sp³-hybridized carbons (Fsp3) is 0.235. The van der Waals surface area contributed by atoms with E-state index in [1.165, 1.54) is 5.56 Å². The van der Waals surface area contributed by atoms with Crippen LogP contribution >= 0.6 is 0 Å². The minimum Gasteiger partial charge on any atom is -0.336 e. The van der Waals surface area contributed by atoms with E-state index in [4.69, 9.17) is 0 Å². The van der Waals surface area contributed by atoms with Crippen LogP contribution in [0.4, 0.5) is 0 Å². The van der Waals surface area contributed by atoms with Crippen molar-refractivity contribution in [1.29, 1.82) is 0 Å². The second-order valence-corrected chi connectivity index (χ2v) is 5.30. The van der Waals surface area contributed by atoms with Crippen LogP contribution in [0.2, 0.25) is 0 Å².